The van der Waals surface area contributed by atoms with Gasteiger partial charge in [0.2, 0.25) is 0 Å². The van der Waals surface area contributed by atoms with Crippen LogP contribution in [-0.2, 0) is 4.79 Å². The van der Waals surface area contributed by atoms with E-state index in [1.165, 1.54) is 6.20 Å². The lowest BCUT2D eigenvalue weighted by Gasteiger charge is -2.04. The van der Waals surface area contributed by atoms with E-state index >= 15 is 0 Å². The van der Waals surface area contributed by atoms with Crippen LogP contribution < -0.4 is 0 Å². The smallest absolute Gasteiger partial charge is 0.166 e. The molecule has 1 atom stereocenters. The maximum atomic E-state index is 11.5. The average Bonchev–Trinajstić information content (AvgIpc) is 2.29. The molecular weight excluding hydrogens is 210 g/mol. The molecule has 0 aliphatic rings. The number of aromatic nitrogens is 1. The van der Waals surface area contributed by atoms with E-state index in [9.17, 15) is 4.79 Å². The van der Waals surface area contributed by atoms with Gasteiger partial charge in [0.15, 0.2) is 5.78 Å². The fraction of sp³-hybridized carbons (Fsp3) is 0.200. The lowest BCUT2D eigenvalue weighted by molar-refractivity contribution is -0.116. The number of ketones is 1. The van der Waals surface area contributed by atoms with Crippen molar-refractivity contribution in [2.45, 2.75) is 5.92 Å². The van der Waals surface area contributed by atoms with E-state index < -0.39 is 5.92 Å². The molecule has 5 heteroatoms. The van der Waals surface area contributed by atoms with Crippen molar-refractivity contribution in [3.63, 3.8) is 0 Å². The first-order valence-corrected chi connectivity index (χ1v) is 5.12. The Morgan fingerprint density at radius 1 is 1.53 bits per heavy atom. The van der Waals surface area contributed by atoms with E-state index in [2.05, 4.69) is 4.98 Å². The summed E-state index contributed by atoms with van der Waals surface area (Å²) in [5, 5.41) is 18.9. The van der Waals surface area contributed by atoms with Gasteiger partial charge in [0.05, 0.1) is 17.5 Å². The maximum Gasteiger partial charge on any atom is 0.166 e. The lowest BCUT2D eigenvalue weighted by Crippen LogP contribution is -2.14. The molecule has 0 spiro atoms. The van der Waals surface area contributed by atoms with Crippen LogP contribution in [0.2, 0.25) is 0 Å². The number of carbonyl (C=O) groups excluding carboxylic acids is 1. The second-order valence-corrected chi connectivity index (χ2v) is 3.42. The summed E-state index contributed by atoms with van der Waals surface area (Å²) in [5.74, 6) is -1.14. The van der Waals surface area contributed by atoms with Crippen LogP contribution >= 0.6 is 11.8 Å². The SMILES string of the molecule is N#CSCC(=O)C(C#N)c1ccccn1. The summed E-state index contributed by atoms with van der Waals surface area (Å²) in [6.07, 6.45) is 1.53. The van der Waals surface area contributed by atoms with Crippen LogP contribution in [0.15, 0.2) is 24.4 Å². The second kappa shape index (κ2) is 5.79. The van der Waals surface area contributed by atoms with Crippen molar-refractivity contribution < 1.29 is 4.79 Å². The van der Waals surface area contributed by atoms with E-state index in [4.69, 9.17) is 10.5 Å². The van der Waals surface area contributed by atoms with Crippen LogP contribution in [0, 0.1) is 22.0 Å². The van der Waals surface area contributed by atoms with Crippen LogP contribution in [0.5, 0.6) is 0 Å². The largest absolute Gasteiger partial charge is 0.297 e. The summed E-state index contributed by atoms with van der Waals surface area (Å²) in [6, 6.07) is 6.95. The van der Waals surface area contributed by atoms with Gasteiger partial charge in [0.1, 0.15) is 11.3 Å². The van der Waals surface area contributed by atoms with Crippen LogP contribution in [-0.4, -0.2) is 16.5 Å². The number of nitriles is 2. The highest BCUT2D eigenvalue weighted by atomic mass is 32.2. The number of hydrogen-bond acceptors (Lipinski definition) is 5. The molecule has 0 radical (unpaired) electrons. The van der Waals surface area contributed by atoms with Gasteiger partial charge >= 0.3 is 0 Å². The standard InChI is InChI=1S/C10H7N3OS/c11-5-8(10(14)6-15-7-12)9-3-1-2-4-13-9/h1-4,8H,6H2. The number of rotatable bonds is 4. The Kier molecular flexibility index (Phi) is 4.33. The molecule has 1 rings (SSSR count). The van der Waals surface area contributed by atoms with E-state index in [-0.39, 0.29) is 11.5 Å². The van der Waals surface area contributed by atoms with Crippen molar-refractivity contribution in [3.05, 3.63) is 30.1 Å². The predicted molar refractivity (Wildman–Crippen MR) is 55.7 cm³/mol. The quantitative estimate of drug-likeness (QED) is 0.714. The Bertz CT molecular complexity index is 419. The van der Waals surface area contributed by atoms with Gasteiger partial charge in [-0.1, -0.05) is 6.07 Å². The third-order valence-electron chi connectivity index (χ3n) is 1.71. The molecule has 0 saturated heterocycles. The molecule has 1 heterocycles. The maximum absolute atomic E-state index is 11.5. The van der Waals surface area contributed by atoms with Crippen molar-refractivity contribution in [2.75, 3.05) is 5.75 Å². The first-order valence-electron chi connectivity index (χ1n) is 4.13. The minimum Gasteiger partial charge on any atom is -0.297 e. The molecule has 0 amide bonds. The van der Waals surface area contributed by atoms with E-state index in [1.807, 2.05) is 6.07 Å². The van der Waals surface area contributed by atoms with E-state index in [0.29, 0.717) is 5.69 Å². The molecule has 1 aromatic rings. The summed E-state index contributed by atoms with van der Waals surface area (Å²) in [7, 11) is 0. The van der Waals surface area contributed by atoms with Crippen LogP contribution in [0.4, 0.5) is 0 Å². The van der Waals surface area contributed by atoms with Gasteiger partial charge in [-0.3, -0.25) is 9.78 Å². The average molecular weight is 217 g/mol. The van der Waals surface area contributed by atoms with Crippen molar-refractivity contribution in [1.29, 1.82) is 10.5 Å². The highest BCUT2D eigenvalue weighted by Crippen LogP contribution is 2.15. The molecule has 0 aliphatic carbocycles. The third kappa shape index (κ3) is 3.08. The number of pyridine rings is 1. The van der Waals surface area contributed by atoms with Gasteiger partial charge in [-0.15, -0.1) is 0 Å². The Labute approximate surface area is 91.5 Å². The number of thiocyanates is 1. The molecule has 15 heavy (non-hydrogen) atoms. The van der Waals surface area contributed by atoms with Crippen molar-refractivity contribution >= 4 is 17.5 Å². The molecular formula is C10H7N3OS. The summed E-state index contributed by atoms with van der Waals surface area (Å²) in [5.41, 5.74) is 0.434. The topological polar surface area (TPSA) is 77.5 Å². The zero-order chi connectivity index (χ0) is 11.1. The summed E-state index contributed by atoms with van der Waals surface area (Å²) in [6.45, 7) is 0. The number of nitrogens with zero attached hydrogens (tertiary/aromatic N) is 3. The molecule has 74 valence electrons. The number of hydrogen-bond donors (Lipinski definition) is 0. The molecule has 0 aromatic carbocycles. The lowest BCUT2D eigenvalue weighted by atomic mass is 10.0. The minimum absolute atomic E-state index is 0.0191. The zero-order valence-electron chi connectivity index (χ0n) is 7.75. The van der Waals surface area contributed by atoms with Crippen molar-refractivity contribution in [1.82, 2.24) is 4.98 Å². The number of thioether (sulfide) groups is 1. The van der Waals surface area contributed by atoms with Crippen LogP contribution in [0.1, 0.15) is 11.6 Å². The summed E-state index contributed by atoms with van der Waals surface area (Å²) < 4.78 is 0. The van der Waals surface area contributed by atoms with Gasteiger partial charge < -0.3 is 0 Å². The van der Waals surface area contributed by atoms with Crippen molar-refractivity contribution in [3.8, 4) is 11.5 Å². The fourth-order valence-corrected chi connectivity index (χ4v) is 1.41. The minimum atomic E-state index is -0.868. The van der Waals surface area contributed by atoms with Gasteiger partial charge in [-0.2, -0.15) is 10.5 Å². The zero-order valence-corrected chi connectivity index (χ0v) is 8.57. The Morgan fingerprint density at radius 3 is 2.87 bits per heavy atom. The molecule has 0 saturated carbocycles. The number of Topliss-reactive ketones (excluding diaryl/α,β-unsaturated/α-hetero) is 1. The van der Waals surface area contributed by atoms with Gasteiger partial charge in [-0.05, 0) is 23.9 Å². The molecule has 0 bridgehead atoms. The van der Waals surface area contributed by atoms with Crippen LogP contribution in [0.25, 0.3) is 0 Å². The fourth-order valence-electron chi connectivity index (χ4n) is 1.04. The van der Waals surface area contributed by atoms with Gasteiger partial charge in [-0.25, -0.2) is 0 Å². The molecule has 0 fully saturated rings. The molecule has 0 aliphatic heterocycles. The summed E-state index contributed by atoms with van der Waals surface area (Å²) >= 11 is 0.832. The number of carbonyl (C=O) groups is 1. The molecule has 1 unspecified atom stereocenters. The third-order valence-corrected chi connectivity index (χ3v) is 2.27. The highest BCUT2D eigenvalue weighted by molar-refractivity contribution is 8.04. The molecule has 1 aromatic heterocycles. The Hall–Kier alpha value is -1.85. The first kappa shape index (κ1) is 11.2. The monoisotopic (exact) mass is 217 g/mol. The molecule has 4 nitrogen and oxygen atoms in total. The van der Waals surface area contributed by atoms with E-state index in [1.54, 1.807) is 23.6 Å². The van der Waals surface area contributed by atoms with Gasteiger partial charge in [0.25, 0.3) is 0 Å². The second-order valence-electron chi connectivity index (χ2n) is 2.66. The predicted octanol–water partition coefficient (Wildman–Crippen LogP) is 1.47. The normalized spacial score (nSPS) is 11.1. The van der Waals surface area contributed by atoms with Crippen molar-refractivity contribution in [2.24, 2.45) is 0 Å². The Balaban J connectivity index is 2.78. The Morgan fingerprint density at radius 2 is 2.33 bits per heavy atom. The highest BCUT2D eigenvalue weighted by Gasteiger charge is 2.20. The van der Waals surface area contributed by atoms with E-state index in [0.717, 1.165) is 11.8 Å². The molecule has 0 N–H and O–H groups in total. The van der Waals surface area contributed by atoms with Gasteiger partial charge in [0, 0.05) is 6.20 Å². The summed E-state index contributed by atoms with van der Waals surface area (Å²) in [4.78, 5) is 15.4. The first-order chi connectivity index (χ1) is 7.29. The van der Waals surface area contributed by atoms with Crippen LogP contribution in [0.3, 0.4) is 0 Å².